The molecule has 0 N–H and O–H groups in total. The van der Waals surface area contributed by atoms with Crippen LogP contribution < -0.4 is 0 Å². The van der Waals surface area contributed by atoms with Crippen molar-refractivity contribution in [3.05, 3.63) is 53.9 Å². The first-order chi connectivity index (χ1) is 13.5. The normalized spacial score (nSPS) is 17.3. The van der Waals surface area contributed by atoms with Crippen LogP contribution in [0.4, 0.5) is 0 Å². The summed E-state index contributed by atoms with van der Waals surface area (Å²) in [6.07, 6.45) is 5.91. The SMILES string of the molecule is Cc1nnnn1-c1cccc(C(=O)N2CCC[C@@H](c3nccn3C(C)C)C2)c1. The van der Waals surface area contributed by atoms with Gasteiger partial charge in [0.05, 0.1) is 5.69 Å². The van der Waals surface area contributed by atoms with Crippen molar-refractivity contribution in [1.82, 2.24) is 34.7 Å². The Morgan fingerprint density at radius 1 is 1.29 bits per heavy atom. The van der Waals surface area contributed by atoms with E-state index >= 15 is 0 Å². The summed E-state index contributed by atoms with van der Waals surface area (Å²) in [6.45, 7) is 7.61. The fraction of sp³-hybridized carbons (Fsp3) is 0.450. The largest absolute Gasteiger partial charge is 0.338 e. The molecule has 4 rings (SSSR count). The van der Waals surface area contributed by atoms with E-state index in [9.17, 15) is 4.79 Å². The molecule has 3 aromatic rings. The number of nitrogens with zero attached hydrogens (tertiary/aromatic N) is 7. The number of carbonyl (C=O) groups is 1. The lowest BCUT2D eigenvalue weighted by atomic mass is 9.96. The van der Waals surface area contributed by atoms with Crippen LogP contribution in [0.2, 0.25) is 0 Å². The van der Waals surface area contributed by atoms with Crippen LogP contribution in [0, 0.1) is 6.92 Å². The third-order valence-electron chi connectivity index (χ3n) is 5.29. The molecule has 1 aliphatic rings. The van der Waals surface area contributed by atoms with Gasteiger partial charge >= 0.3 is 0 Å². The van der Waals surface area contributed by atoms with Gasteiger partial charge in [0.15, 0.2) is 5.82 Å². The number of amides is 1. The summed E-state index contributed by atoms with van der Waals surface area (Å²) in [6, 6.07) is 7.84. The number of imidazole rings is 1. The number of tetrazole rings is 1. The number of likely N-dealkylation sites (tertiary alicyclic amines) is 1. The maximum atomic E-state index is 13.2. The minimum atomic E-state index is 0.0416. The Kier molecular flexibility index (Phi) is 4.93. The van der Waals surface area contributed by atoms with E-state index in [1.54, 1.807) is 4.68 Å². The van der Waals surface area contributed by atoms with Crippen molar-refractivity contribution in [2.24, 2.45) is 0 Å². The zero-order valence-electron chi connectivity index (χ0n) is 16.5. The molecule has 0 unspecified atom stereocenters. The Hall–Kier alpha value is -3.03. The van der Waals surface area contributed by atoms with Crippen molar-refractivity contribution in [2.45, 2.75) is 45.6 Å². The van der Waals surface area contributed by atoms with Crippen LogP contribution in [0.5, 0.6) is 0 Å². The van der Waals surface area contributed by atoms with Crippen molar-refractivity contribution in [1.29, 1.82) is 0 Å². The van der Waals surface area contributed by atoms with Gasteiger partial charge in [-0.25, -0.2) is 4.98 Å². The molecule has 0 saturated carbocycles. The van der Waals surface area contributed by atoms with Crippen molar-refractivity contribution >= 4 is 5.91 Å². The molecule has 8 heteroatoms. The molecule has 2 aromatic heterocycles. The van der Waals surface area contributed by atoms with E-state index in [1.165, 1.54) is 0 Å². The van der Waals surface area contributed by atoms with E-state index in [4.69, 9.17) is 0 Å². The van der Waals surface area contributed by atoms with Gasteiger partial charge in [-0.05, 0) is 62.2 Å². The molecule has 0 spiro atoms. The number of aromatic nitrogens is 6. The number of rotatable bonds is 4. The smallest absolute Gasteiger partial charge is 0.253 e. The minimum absolute atomic E-state index is 0.0416. The highest BCUT2D eigenvalue weighted by molar-refractivity contribution is 5.94. The Morgan fingerprint density at radius 3 is 2.89 bits per heavy atom. The fourth-order valence-electron chi connectivity index (χ4n) is 3.87. The Bertz CT molecular complexity index is 974. The maximum Gasteiger partial charge on any atom is 0.253 e. The number of carbonyl (C=O) groups excluding carboxylic acids is 1. The van der Waals surface area contributed by atoms with E-state index in [2.05, 4.69) is 38.9 Å². The third kappa shape index (κ3) is 3.42. The molecule has 0 radical (unpaired) electrons. The molecule has 1 saturated heterocycles. The summed E-state index contributed by atoms with van der Waals surface area (Å²) in [4.78, 5) is 19.7. The highest BCUT2D eigenvalue weighted by atomic mass is 16.2. The molecule has 1 aromatic carbocycles. The topological polar surface area (TPSA) is 81.7 Å². The summed E-state index contributed by atoms with van der Waals surface area (Å²) in [5.41, 5.74) is 1.44. The molecule has 0 bridgehead atoms. The van der Waals surface area contributed by atoms with Crippen molar-refractivity contribution < 1.29 is 4.79 Å². The van der Waals surface area contributed by atoms with Crippen molar-refractivity contribution in [3.8, 4) is 5.69 Å². The first-order valence-electron chi connectivity index (χ1n) is 9.72. The van der Waals surface area contributed by atoms with E-state index < -0.39 is 0 Å². The van der Waals surface area contributed by atoms with Crippen LogP contribution >= 0.6 is 0 Å². The lowest BCUT2D eigenvalue weighted by Gasteiger charge is -2.33. The predicted molar refractivity (Wildman–Crippen MR) is 104 cm³/mol. The second kappa shape index (κ2) is 7.53. The van der Waals surface area contributed by atoms with Crippen LogP contribution in [-0.4, -0.2) is 53.7 Å². The highest BCUT2D eigenvalue weighted by Crippen LogP contribution is 2.28. The number of hydrogen-bond donors (Lipinski definition) is 0. The average molecular weight is 379 g/mol. The van der Waals surface area contributed by atoms with Crippen LogP contribution in [0.3, 0.4) is 0 Å². The third-order valence-corrected chi connectivity index (χ3v) is 5.29. The zero-order chi connectivity index (χ0) is 19.7. The number of aryl methyl sites for hydroxylation is 1. The van der Waals surface area contributed by atoms with Crippen LogP contribution in [0.1, 0.15) is 60.7 Å². The fourth-order valence-corrected chi connectivity index (χ4v) is 3.87. The summed E-state index contributed by atoms with van der Waals surface area (Å²) in [5.74, 6) is 2.06. The Labute approximate surface area is 164 Å². The average Bonchev–Trinajstić information content (AvgIpc) is 3.37. The number of piperidine rings is 1. The molecule has 146 valence electrons. The molecule has 8 nitrogen and oxygen atoms in total. The van der Waals surface area contributed by atoms with E-state index in [1.807, 2.05) is 48.5 Å². The van der Waals surface area contributed by atoms with Gasteiger partial charge in [0.1, 0.15) is 5.82 Å². The van der Waals surface area contributed by atoms with Gasteiger partial charge < -0.3 is 9.47 Å². The van der Waals surface area contributed by atoms with Gasteiger partial charge in [0.2, 0.25) is 0 Å². The van der Waals surface area contributed by atoms with Gasteiger partial charge in [-0.2, -0.15) is 4.68 Å². The van der Waals surface area contributed by atoms with Crippen molar-refractivity contribution in [3.63, 3.8) is 0 Å². The quantitative estimate of drug-likeness (QED) is 0.696. The molecular formula is C20H25N7O. The molecule has 1 amide bonds. The van der Waals surface area contributed by atoms with E-state index in [-0.39, 0.29) is 11.8 Å². The summed E-state index contributed by atoms with van der Waals surface area (Å²) >= 11 is 0. The number of benzene rings is 1. The Morgan fingerprint density at radius 2 is 2.14 bits per heavy atom. The van der Waals surface area contributed by atoms with Crippen molar-refractivity contribution in [2.75, 3.05) is 13.1 Å². The second-order valence-corrected chi connectivity index (χ2v) is 7.57. The van der Waals surface area contributed by atoms with Crippen LogP contribution in [0.15, 0.2) is 36.7 Å². The monoisotopic (exact) mass is 379 g/mol. The lowest BCUT2D eigenvalue weighted by molar-refractivity contribution is 0.0703. The summed E-state index contributed by atoms with van der Waals surface area (Å²) < 4.78 is 3.84. The van der Waals surface area contributed by atoms with Gasteiger partial charge in [-0.1, -0.05) is 6.07 Å². The molecular weight excluding hydrogens is 354 g/mol. The molecule has 3 heterocycles. The van der Waals surface area contributed by atoms with E-state index in [0.29, 0.717) is 24.0 Å². The number of hydrogen-bond acceptors (Lipinski definition) is 5. The second-order valence-electron chi connectivity index (χ2n) is 7.57. The lowest BCUT2D eigenvalue weighted by Crippen LogP contribution is -2.39. The standard InChI is InChI=1S/C20H25N7O/c1-14(2)26-11-9-21-19(26)17-7-5-10-25(13-17)20(28)16-6-4-8-18(12-16)27-15(3)22-23-24-27/h4,6,8-9,11-12,14,17H,5,7,10,13H2,1-3H3/t17-/m1/s1. The molecule has 0 aliphatic carbocycles. The van der Waals surface area contributed by atoms with Gasteiger partial charge in [-0.15, -0.1) is 5.10 Å². The molecule has 1 aliphatic heterocycles. The maximum absolute atomic E-state index is 13.2. The van der Waals surface area contributed by atoms with E-state index in [0.717, 1.165) is 30.9 Å². The van der Waals surface area contributed by atoms with Crippen LogP contribution in [0.25, 0.3) is 5.69 Å². The Balaban J connectivity index is 1.55. The first kappa shape index (κ1) is 18.3. The first-order valence-corrected chi connectivity index (χ1v) is 9.72. The zero-order valence-corrected chi connectivity index (χ0v) is 16.5. The van der Waals surface area contributed by atoms with Gasteiger partial charge in [0.25, 0.3) is 5.91 Å². The van der Waals surface area contributed by atoms with Crippen LogP contribution in [-0.2, 0) is 0 Å². The summed E-state index contributed by atoms with van der Waals surface area (Å²) in [5, 5.41) is 11.6. The van der Waals surface area contributed by atoms with Gasteiger partial charge in [0, 0.05) is 43.0 Å². The highest BCUT2D eigenvalue weighted by Gasteiger charge is 2.28. The summed E-state index contributed by atoms with van der Waals surface area (Å²) in [7, 11) is 0. The molecule has 1 atom stereocenters. The molecule has 28 heavy (non-hydrogen) atoms. The minimum Gasteiger partial charge on any atom is -0.338 e. The van der Waals surface area contributed by atoms with Gasteiger partial charge in [-0.3, -0.25) is 4.79 Å². The molecule has 1 fully saturated rings. The predicted octanol–water partition coefficient (Wildman–Crippen LogP) is 2.77.